The van der Waals surface area contributed by atoms with Crippen molar-refractivity contribution in [2.45, 2.75) is 78.3 Å². The molecule has 4 heteroatoms. The van der Waals surface area contributed by atoms with Gasteiger partial charge in [0.05, 0.1) is 17.1 Å². The minimum absolute atomic E-state index is 0.0649. The number of nitrogens with zero attached hydrogens (tertiary/aromatic N) is 2. The van der Waals surface area contributed by atoms with E-state index in [1.54, 1.807) is 0 Å². The monoisotopic (exact) mass is 329 g/mol. The number of hydrogen-bond donors (Lipinski definition) is 1. The Hall–Kier alpha value is -1.84. The predicted octanol–water partition coefficient (Wildman–Crippen LogP) is 4.98. The van der Waals surface area contributed by atoms with Crippen molar-refractivity contribution in [3.8, 4) is 0 Å². The molecule has 24 heavy (non-hydrogen) atoms. The van der Waals surface area contributed by atoms with Crippen LogP contribution in [0.3, 0.4) is 0 Å². The molecule has 1 heterocycles. The van der Waals surface area contributed by atoms with Crippen LogP contribution in [0.4, 0.5) is 0 Å². The zero-order chi connectivity index (χ0) is 17.4. The summed E-state index contributed by atoms with van der Waals surface area (Å²) in [6.07, 6.45) is 8.16. The number of aromatic nitrogens is 2. The van der Waals surface area contributed by atoms with Crippen LogP contribution in [0.5, 0.6) is 0 Å². The number of amides is 1. The zero-order valence-electron chi connectivity index (χ0n) is 15.3. The lowest BCUT2D eigenvalue weighted by atomic mass is 10.1. The van der Waals surface area contributed by atoms with Gasteiger partial charge in [0.2, 0.25) is 5.91 Å². The molecule has 0 saturated heterocycles. The van der Waals surface area contributed by atoms with Crippen LogP contribution in [0.15, 0.2) is 24.3 Å². The van der Waals surface area contributed by atoms with Gasteiger partial charge in [-0.1, -0.05) is 58.1 Å². The van der Waals surface area contributed by atoms with Crippen molar-refractivity contribution in [3.63, 3.8) is 0 Å². The standard InChI is InChI=1S/C20H31N3O/c1-4-6-7-8-9-12-15-23-18-14-11-10-13-17(18)22-20(23)16(3)21-19(24)5-2/h10-11,13-14,16H,4-9,12,15H2,1-3H3,(H,21,24). The van der Waals surface area contributed by atoms with Gasteiger partial charge >= 0.3 is 0 Å². The molecule has 2 rings (SSSR count). The van der Waals surface area contributed by atoms with Crippen LogP contribution >= 0.6 is 0 Å². The maximum absolute atomic E-state index is 11.7. The number of aryl methyl sites for hydroxylation is 1. The van der Waals surface area contributed by atoms with Crippen molar-refractivity contribution in [2.75, 3.05) is 0 Å². The van der Waals surface area contributed by atoms with Crippen LogP contribution in [0.25, 0.3) is 11.0 Å². The van der Waals surface area contributed by atoms with E-state index in [4.69, 9.17) is 4.98 Å². The van der Waals surface area contributed by atoms with Crippen LogP contribution in [-0.2, 0) is 11.3 Å². The molecule has 0 aliphatic carbocycles. The molecule has 1 unspecified atom stereocenters. The first-order valence-electron chi connectivity index (χ1n) is 9.41. The van der Waals surface area contributed by atoms with E-state index >= 15 is 0 Å². The van der Waals surface area contributed by atoms with Gasteiger partial charge in [0, 0.05) is 13.0 Å². The van der Waals surface area contributed by atoms with E-state index in [1.807, 2.05) is 26.0 Å². The summed E-state index contributed by atoms with van der Waals surface area (Å²) in [6, 6.07) is 8.18. The van der Waals surface area contributed by atoms with E-state index in [0.717, 1.165) is 24.3 Å². The molecule has 1 aromatic heterocycles. The average Bonchev–Trinajstić information content (AvgIpc) is 2.96. The summed E-state index contributed by atoms with van der Waals surface area (Å²) in [6.45, 7) is 7.11. The van der Waals surface area contributed by atoms with Crippen molar-refractivity contribution < 1.29 is 4.79 Å². The number of carbonyl (C=O) groups is 1. The van der Waals surface area contributed by atoms with Gasteiger partial charge in [0.25, 0.3) is 0 Å². The minimum Gasteiger partial charge on any atom is -0.346 e. The number of hydrogen-bond acceptors (Lipinski definition) is 2. The Morgan fingerprint density at radius 3 is 2.58 bits per heavy atom. The normalized spacial score (nSPS) is 12.5. The van der Waals surface area contributed by atoms with Crippen molar-refractivity contribution in [1.82, 2.24) is 14.9 Å². The van der Waals surface area contributed by atoms with Gasteiger partial charge in [0.15, 0.2) is 0 Å². The van der Waals surface area contributed by atoms with Gasteiger partial charge in [-0.15, -0.1) is 0 Å². The molecule has 1 N–H and O–H groups in total. The van der Waals surface area contributed by atoms with Gasteiger partial charge < -0.3 is 9.88 Å². The third-order valence-electron chi connectivity index (χ3n) is 4.51. The second-order valence-corrected chi connectivity index (χ2v) is 6.52. The summed E-state index contributed by atoms with van der Waals surface area (Å²) in [5.74, 6) is 1.03. The van der Waals surface area contributed by atoms with Crippen molar-refractivity contribution in [1.29, 1.82) is 0 Å². The van der Waals surface area contributed by atoms with E-state index in [2.05, 4.69) is 28.9 Å². The molecule has 0 fully saturated rings. The second-order valence-electron chi connectivity index (χ2n) is 6.52. The average molecular weight is 329 g/mol. The van der Waals surface area contributed by atoms with E-state index in [-0.39, 0.29) is 11.9 Å². The summed E-state index contributed by atoms with van der Waals surface area (Å²) < 4.78 is 2.29. The van der Waals surface area contributed by atoms with Gasteiger partial charge in [-0.05, 0) is 25.5 Å². The van der Waals surface area contributed by atoms with Crippen LogP contribution in [0, 0.1) is 0 Å². The molecule has 0 saturated carbocycles. The summed E-state index contributed by atoms with van der Waals surface area (Å²) >= 11 is 0. The quantitative estimate of drug-likeness (QED) is 0.625. The third kappa shape index (κ3) is 4.83. The molecule has 0 spiro atoms. The molecule has 132 valence electrons. The number of unbranched alkanes of at least 4 members (excludes halogenated alkanes) is 5. The summed E-state index contributed by atoms with van der Waals surface area (Å²) in [4.78, 5) is 16.5. The lowest BCUT2D eigenvalue weighted by Gasteiger charge is -2.16. The molecule has 1 atom stereocenters. The largest absolute Gasteiger partial charge is 0.346 e. The molecular weight excluding hydrogens is 298 g/mol. The number of benzene rings is 1. The van der Waals surface area contributed by atoms with Crippen LogP contribution < -0.4 is 5.32 Å². The molecule has 0 aliphatic rings. The number of para-hydroxylation sites is 2. The smallest absolute Gasteiger partial charge is 0.220 e. The summed E-state index contributed by atoms with van der Waals surface area (Å²) in [5.41, 5.74) is 2.18. The topological polar surface area (TPSA) is 46.9 Å². The molecular formula is C20H31N3O. The Kier molecular flexibility index (Phi) is 7.29. The van der Waals surface area contributed by atoms with Crippen molar-refractivity contribution >= 4 is 16.9 Å². The molecule has 0 bridgehead atoms. The first kappa shape index (κ1) is 18.5. The zero-order valence-corrected chi connectivity index (χ0v) is 15.3. The first-order valence-corrected chi connectivity index (χ1v) is 9.41. The highest BCUT2D eigenvalue weighted by molar-refractivity contribution is 5.77. The fourth-order valence-corrected chi connectivity index (χ4v) is 3.12. The van der Waals surface area contributed by atoms with Crippen LogP contribution in [0.2, 0.25) is 0 Å². The SMILES string of the molecule is CCCCCCCCn1c(C(C)NC(=O)CC)nc2ccccc21. The number of rotatable bonds is 10. The molecule has 0 radical (unpaired) electrons. The third-order valence-corrected chi connectivity index (χ3v) is 4.51. The van der Waals surface area contributed by atoms with Gasteiger partial charge in [-0.3, -0.25) is 4.79 Å². The van der Waals surface area contributed by atoms with Crippen molar-refractivity contribution in [2.24, 2.45) is 0 Å². The van der Waals surface area contributed by atoms with E-state index in [1.165, 1.54) is 37.6 Å². The van der Waals surface area contributed by atoms with Crippen molar-refractivity contribution in [3.05, 3.63) is 30.1 Å². The first-order chi connectivity index (χ1) is 11.7. The fraction of sp³-hybridized carbons (Fsp3) is 0.600. The second kappa shape index (κ2) is 9.45. The number of fused-ring (bicyclic) bond motifs is 1. The summed E-state index contributed by atoms with van der Waals surface area (Å²) in [5, 5.41) is 3.04. The molecule has 4 nitrogen and oxygen atoms in total. The van der Waals surface area contributed by atoms with Crippen LogP contribution in [0.1, 0.15) is 77.6 Å². The Morgan fingerprint density at radius 2 is 1.83 bits per heavy atom. The molecule has 0 aliphatic heterocycles. The van der Waals surface area contributed by atoms with E-state index in [9.17, 15) is 4.79 Å². The fourth-order valence-electron chi connectivity index (χ4n) is 3.12. The number of imidazole rings is 1. The number of carbonyl (C=O) groups excluding carboxylic acids is 1. The highest BCUT2D eigenvalue weighted by Crippen LogP contribution is 2.22. The Balaban J connectivity index is 2.10. The highest BCUT2D eigenvalue weighted by Gasteiger charge is 2.17. The molecule has 2 aromatic rings. The Labute approximate surface area is 145 Å². The predicted molar refractivity (Wildman–Crippen MR) is 100.0 cm³/mol. The Morgan fingerprint density at radius 1 is 1.12 bits per heavy atom. The van der Waals surface area contributed by atoms with Gasteiger partial charge in [0.1, 0.15) is 5.82 Å². The van der Waals surface area contributed by atoms with Gasteiger partial charge in [-0.2, -0.15) is 0 Å². The van der Waals surface area contributed by atoms with E-state index in [0.29, 0.717) is 6.42 Å². The van der Waals surface area contributed by atoms with Gasteiger partial charge in [-0.25, -0.2) is 4.98 Å². The molecule has 1 aromatic carbocycles. The van der Waals surface area contributed by atoms with Crippen LogP contribution in [-0.4, -0.2) is 15.5 Å². The molecule has 1 amide bonds. The Bertz CT molecular complexity index is 647. The van der Waals surface area contributed by atoms with E-state index < -0.39 is 0 Å². The highest BCUT2D eigenvalue weighted by atomic mass is 16.1. The maximum atomic E-state index is 11.7. The minimum atomic E-state index is -0.0649. The maximum Gasteiger partial charge on any atom is 0.220 e. The summed E-state index contributed by atoms with van der Waals surface area (Å²) in [7, 11) is 0. The lowest BCUT2D eigenvalue weighted by molar-refractivity contribution is -0.121. The number of nitrogens with one attached hydrogen (secondary N) is 1. The lowest BCUT2D eigenvalue weighted by Crippen LogP contribution is -2.28.